The summed E-state index contributed by atoms with van der Waals surface area (Å²) >= 11 is 0. The highest BCUT2D eigenvalue weighted by molar-refractivity contribution is 5.91. The van der Waals surface area contributed by atoms with Gasteiger partial charge in [0, 0.05) is 29.9 Å². The van der Waals surface area contributed by atoms with Crippen LogP contribution in [0.4, 0.5) is 18.9 Å². The number of allylic oxidation sites excluding steroid dienone is 1. The minimum Gasteiger partial charge on any atom is -0.496 e. The lowest BCUT2D eigenvalue weighted by molar-refractivity contribution is -0.137. The van der Waals surface area contributed by atoms with Gasteiger partial charge in [-0.2, -0.15) is 18.4 Å². The predicted molar refractivity (Wildman–Crippen MR) is 113 cm³/mol. The lowest BCUT2D eigenvalue weighted by atomic mass is 9.79. The molecule has 1 aliphatic rings. The number of rotatable bonds is 3. The molecule has 0 saturated carbocycles. The summed E-state index contributed by atoms with van der Waals surface area (Å²) in [5.74, 6) is 0.936. The number of hydrogen-bond donors (Lipinski definition) is 0. The first-order chi connectivity index (χ1) is 14.0. The summed E-state index contributed by atoms with van der Waals surface area (Å²) < 4.78 is 44.1. The van der Waals surface area contributed by atoms with Crippen LogP contribution in [0, 0.1) is 11.3 Å². The Morgan fingerprint density at radius 2 is 1.87 bits per heavy atom. The van der Waals surface area contributed by atoms with Gasteiger partial charge in [0.15, 0.2) is 0 Å². The fourth-order valence-corrected chi connectivity index (χ4v) is 4.07. The van der Waals surface area contributed by atoms with Crippen LogP contribution in [0.15, 0.2) is 36.4 Å². The third-order valence-corrected chi connectivity index (χ3v) is 5.93. The maximum Gasteiger partial charge on any atom is 0.416 e. The molecule has 3 rings (SSSR count). The summed E-state index contributed by atoms with van der Waals surface area (Å²) in [5, 5.41) is 9.65. The third-order valence-electron chi connectivity index (χ3n) is 5.93. The molecule has 0 spiro atoms. The Balaban J connectivity index is 2.08. The van der Waals surface area contributed by atoms with Crippen LogP contribution >= 0.6 is 0 Å². The topological polar surface area (TPSA) is 36.3 Å². The van der Waals surface area contributed by atoms with Crippen LogP contribution in [0.2, 0.25) is 0 Å². The van der Waals surface area contributed by atoms with Crippen molar-refractivity contribution in [3.63, 3.8) is 0 Å². The molecular formula is C24H25F3N2O. The van der Waals surface area contributed by atoms with Gasteiger partial charge >= 0.3 is 6.18 Å². The van der Waals surface area contributed by atoms with Gasteiger partial charge in [0.25, 0.3) is 0 Å². The molecule has 0 amide bonds. The lowest BCUT2D eigenvalue weighted by Crippen LogP contribution is -2.45. The maximum atomic E-state index is 12.8. The number of benzene rings is 2. The zero-order valence-electron chi connectivity index (χ0n) is 17.8. The highest BCUT2D eigenvalue weighted by Gasteiger charge is 2.35. The second-order valence-corrected chi connectivity index (χ2v) is 8.37. The van der Waals surface area contributed by atoms with E-state index in [2.05, 4.69) is 38.8 Å². The fourth-order valence-electron chi connectivity index (χ4n) is 4.07. The predicted octanol–water partition coefficient (Wildman–Crippen LogP) is 6.50. The third kappa shape index (κ3) is 4.02. The molecule has 0 N–H and O–H groups in total. The second-order valence-electron chi connectivity index (χ2n) is 8.37. The van der Waals surface area contributed by atoms with Crippen LogP contribution in [0.3, 0.4) is 0 Å². The minimum absolute atomic E-state index is 0.00677. The van der Waals surface area contributed by atoms with E-state index in [1.807, 2.05) is 12.1 Å². The Bertz CT molecular complexity index is 1010. The monoisotopic (exact) mass is 414 g/mol. The van der Waals surface area contributed by atoms with Gasteiger partial charge in [-0.15, -0.1) is 0 Å². The molecule has 30 heavy (non-hydrogen) atoms. The molecule has 2 aromatic rings. The van der Waals surface area contributed by atoms with Crippen molar-refractivity contribution in [3.05, 3.63) is 58.7 Å². The molecule has 0 bridgehead atoms. The summed E-state index contributed by atoms with van der Waals surface area (Å²) in [7, 11) is 3.63. The Kier molecular flexibility index (Phi) is 5.60. The number of methoxy groups -OCH3 is 1. The van der Waals surface area contributed by atoms with Gasteiger partial charge in [0.2, 0.25) is 0 Å². The summed E-state index contributed by atoms with van der Waals surface area (Å²) in [4.78, 5) is 2.24. The van der Waals surface area contributed by atoms with E-state index in [1.54, 1.807) is 13.2 Å². The second kappa shape index (κ2) is 7.71. The molecular weight excluding hydrogens is 389 g/mol. The van der Waals surface area contributed by atoms with E-state index < -0.39 is 11.7 Å². The molecule has 6 heteroatoms. The number of ether oxygens (including phenoxy) is 1. The first-order valence-electron chi connectivity index (χ1n) is 9.73. The Morgan fingerprint density at radius 3 is 2.40 bits per heavy atom. The van der Waals surface area contributed by atoms with Crippen LogP contribution in [0.25, 0.3) is 11.6 Å². The van der Waals surface area contributed by atoms with Crippen molar-refractivity contribution in [2.75, 3.05) is 19.1 Å². The van der Waals surface area contributed by atoms with Gasteiger partial charge in [-0.1, -0.05) is 19.1 Å². The molecule has 158 valence electrons. The summed E-state index contributed by atoms with van der Waals surface area (Å²) in [6.07, 6.45) is -1.75. The molecule has 0 aliphatic carbocycles. The number of nitriles is 1. The normalized spacial score (nSPS) is 18.6. The molecule has 3 nitrogen and oxygen atoms in total. The van der Waals surface area contributed by atoms with Crippen LogP contribution in [0.5, 0.6) is 5.75 Å². The van der Waals surface area contributed by atoms with Crippen molar-refractivity contribution in [1.29, 1.82) is 5.26 Å². The number of nitrogens with zero attached hydrogens (tertiary/aromatic N) is 2. The highest BCUT2D eigenvalue weighted by Crippen LogP contribution is 2.45. The molecule has 1 unspecified atom stereocenters. The van der Waals surface area contributed by atoms with E-state index in [4.69, 9.17) is 4.74 Å². The summed E-state index contributed by atoms with van der Waals surface area (Å²) in [6, 6.07) is 10.7. The van der Waals surface area contributed by atoms with Gasteiger partial charge in [-0.25, -0.2) is 0 Å². The number of fused-ring (bicyclic) bond motifs is 1. The van der Waals surface area contributed by atoms with E-state index in [9.17, 15) is 18.4 Å². The van der Waals surface area contributed by atoms with Crippen LogP contribution in [-0.4, -0.2) is 19.7 Å². The Labute approximate surface area is 175 Å². The number of halogens is 3. The molecule has 0 aromatic heterocycles. The Morgan fingerprint density at radius 1 is 1.23 bits per heavy atom. The van der Waals surface area contributed by atoms with Crippen molar-refractivity contribution in [1.82, 2.24) is 0 Å². The number of hydrogen-bond acceptors (Lipinski definition) is 3. The van der Waals surface area contributed by atoms with E-state index in [0.29, 0.717) is 17.2 Å². The quantitative estimate of drug-likeness (QED) is 0.425. The fraction of sp³-hybridized carbons (Fsp3) is 0.375. The molecule has 1 heterocycles. The van der Waals surface area contributed by atoms with Crippen LogP contribution in [0.1, 0.15) is 55.4 Å². The summed E-state index contributed by atoms with van der Waals surface area (Å²) in [5.41, 5.74) is 2.94. The van der Waals surface area contributed by atoms with E-state index in [1.165, 1.54) is 12.1 Å². The smallest absolute Gasteiger partial charge is 0.416 e. The van der Waals surface area contributed by atoms with Crippen molar-refractivity contribution < 1.29 is 17.9 Å². The van der Waals surface area contributed by atoms with Crippen molar-refractivity contribution in [3.8, 4) is 11.8 Å². The first-order valence-corrected chi connectivity index (χ1v) is 9.73. The first kappa shape index (κ1) is 21.8. The average molecular weight is 414 g/mol. The van der Waals surface area contributed by atoms with Crippen molar-refractivity contribution in [2.45, 2.75) is 44.8 Å². The lowest BCUT2D eigenvalue weighted by Gasteiger charge is -2.45. The zero-order chi connectivity index (χ0) is 22.3. The SMILES string of the molecule is COc1cc2c(cc1/C=C(\C#N)c1ccc(C(F)(F)F)cc1)C(C)CC(C)(C)N2C. The molecule has 0 radical (unpaired) electrons. The van der Waals surface area contributed by atoms with Crippen LogP contribution < -0.4 is 9.64 Å². The zero-order valence-corrected chi connectivity index (χ0v) is 17.8. The number of anilines is 1. The standard InChI is InChI=1S/C24H25F3N2O/c1-15-13-23(2,3)29(4)21-12-22(30-5)17(11-20(15)21)10-18(14-28)16-6-8-19(9-7-16)24(25,26)27/h6-12,15H,13H2,1-5H3/b18-10+. The van der Waals surface area contributed by atoms with Crippen LogP contribution in [-0.2, 0) is 6.18 Å². The van der Waals surface area contributed by atoms with Gasteiger partial charge in [0.05, 0.1) is 24.3 Å². The van der Waals surface area contributed by atoms with Crippen molar-refractivity contribution in [2.24, 2.45) is 0 Å². The van der Waals surface area contributed by atoms with Crippen molar-refractivity contribution >= 4 is 17.3 Å². The van der Waals surface area contributed by atoms with E-state index in [-0.39, 0.29) is 11.1 Å². The van der Waals surface area contributed by atoms with Gasteiger partial charge in [0.1, 0.15) is 5.75 Å². The highest BCUT2D eigenvalue weighted by atomic mass is 19.4. The molecule has 1 atom stereocenters. The van der Waals surface area contributed by atoms with Gasteiger partial charge < -0.3 is 9.64 Å². The molecule has 0 fully saturated rings. The van der Waals surface area contributed by atoms with Gasteiger partial charge in [-0.05, 0) is 61.6 Å². The molecule has 2 aromatic carbocycles. The largest absolute Gasteiger partial charge is 0.496 e. The van der Waals surface area contributed by atoms with E-state index >= 15 is 0 Å². The number of alkyl halides is 3. The van der Waals surface area contributed by atoms with E-state index in [0.717, 1.165) is 35.4 Å². The molecule has 0 saturated heterocycles. The summed E-state index contributed by atoms with van der Waals surface area (Å²) in [6.45, 7) is 6.57. The van der Waals surface area contributed by atoms with Gasteiger partial charge in [-0.3, -0.25) is 0 Å². The Hall–Kier alpha value is -2.94. The minimum atomic E-state index is -4.41. The average Bonchev–Trinajstić information content (AvgIpc) is 2.69. The molecule has 1 aliphatic heterocycles. The maximum absolute atomic E-state index is 12.8.